The Labute approximate surface area is 170 Å². The smallest absolute Gasteiger partial charge is 0.202 e. The zero-order valence-corrected chi connectivity index (χ0v) is 15.9. The summed E-state index contributed by atoms with van der Waals surface area (Å²) in [6.45, 7) is -0.0900. The van der Waals surface area contributed by atoms with Gasteiger partial charge in [-0.1, -0.05) is 0 Å². The largest absolute Gasteiger partial charge is 0.507 e. The maximum absolute atomic E-state index is 12.6. The van der Waals surface area contributed by atoms with Gasteiger partial charge in [0.1, 0.15) is 34.3 Å². The highest BCUT2D eigenvalue weighted by molar-refractivity contribution is 5.86. The number of ether oxygens (including phenoxy) is 3. The van der Waals surface area contributed by atoms with E-state index in [0.717, 1.165) is 0 Å². The third kappa shape index (κ3) is 3.78. The second-order valence-corrected chi connectivity index (χ2v) is 6.93. The first-order valence-electron chi connectivity index (χ1n) is 9.18. The highest BCUT2D eigenvalue weighted by Gasteiger charge is 2.29. The second kappa shape index (κ2) is 7.86. The van der Waals surface area contributed by atoms with E-state index < -0.39 is 23.9 Å². The fourth-order valence-corrected chi connectivity index (χ4v) is 3.26. The molecule has 9 nitrogen and oxygen atoms in total. The average molecular weight is 416 g/mol. The van der Waals surface area contributed by atoms with Crippen LogP contribution in [0.25, 0.3) is 22.3 Å². The van der Waals surface area contributed by atoms with Gasteiger partial charge in [0.2, 0.25) is 6.29 Å². The quantitative estimate of drug-likeness (QED) is 0.501. The van der Waals surface area contributed by atoms with Crippen molar-refractivity contribution >= 4 is 11.0 Å². The summed E-state index contributed by atoms with van der Waals surface area (Å²) in [6, 6.07) is 8.40. The molecule has 0 amide bonds. The number of phenolic OH excluding ortho intramolecular Hbond substituents is 2. The van der Waals surface area contributed by atoms with Gasteiger partial charge in [-0.3, -0.25) is 4.79 Å². The third-order valence-electron chi connectivity index (χ3n) is 4.85. The summed E-state index contributed by atoms with van der Waals surface area (Å²) in [6.07, 6.45) is -2.78. The lowest BCUT2D eigenvalue weighted by Gasteiger charge is -2.30. The molecule has 158 valence electrons. The van der Waals surface area contributed by atoms with Crippen LogP contribution >= 0.6 is 0 Å². The van der Waals surface area contributed by atoms with Gasteiger partial charge < -0.3 is 39.1 Å². The number of aromatic hydroxyl groups is 2. The predicted octanol–water partition coefficient (Wildman–Crippen LogP) is 1.73. The Morgan fingerprint density at radius 2 is 1.83 bits per heavy atom. The van der Waals surface area contributed by atoms with Gasteiger partial charge in [0.05, 0.1) is 19.8 Å². The van der Waals surface area contributed by atoms with Gasteiger partial charge in [-0.15, -0.1) is 0 Å². The van der Waals surface area contributed by atoms with Crippen LogP contribution in [0.1, 0.15) is 6.42 Å². The first-order valence-corrected chi connectivity index (χ1v) is 9.18. The number of aliphatic hydroxyl groups excluding tert-OH is 2. The molecule has 2 aromatic carbocycles. The van der Waals surface area contributed by atoms with Crippen molar-refractivity contribution < 1.29 is 39.1 Å². The van der Waals surface area contributed by atoms with Crippen molar-refractivity contribution in [1.82, 2.24) is 0 Å². The van der Waals surface area contributed by atoms with Crippen LogP contribution in [0.5, 0.6) is 23.0 Å². The van der Waals surface area contributed by atoms with E-state index in [1.807, 2.05) is 0 Å². The number of benzene rings is 2. The number of rotatable bonds is 4. The summed E-state index contributed by atoms with van der Waals surface area (Å²) in [5, 5.41) is 39.3. The molecule has 0 spiro atoms. The highest BCUT2D eigenvalue weighted by atomic mass is 16.7. The summed E-state index contributed by atoms with van der Waals surface area (Å²) < 4.78 is 21.8. The van der Waals surface area contributed by atoms with Crippen LogP contribution in [-0.2, 0) is 4.74 Å². The molecule has 1 aliphatic rings. The maximum Gasteiger partial charge on any atom is 0.202 e. The Hall–Kier alpha value is -3.27. The van der Waals surface area contributed by atoms with E-state index in [-0.39, 0.29) is 52.8 Å². The second-order valence-electron chi connectivity index (χ2n) is 6.93. The van der Waals surface area contributed by atoms with E-state index in [9.17, 15) is 25.2 Å². The van der Waals surface area contributed by atoms with E-state index >= 15 is 0 Å². The van der Waals surface area contributed by atoms with Gasteiger partial charge in [-0.05, 0) is 18.2 Å². The van der Waals surface area contributed by atoms with Crippen LogP contribution in [0.15, 0.2) is 45.6 Å². The zero-order valence-electron chi connectivity index (χ0n) is 15.9. The number of fused-ring (bicyclic) bond motifs is 1. The van der Waals surface area contributed by atoms with Crippen LogP contribution in [0.3, 0.4) is 0 Å². The van der Waals surface area contributed by atoms with Gasteiger partial charge in [0.15, 0.2) is 16.9 Å². The highest BCUT2D eigenvalue weighted by Crippen LogP contribution is 2.35. The molecule has 3 atom stereocenters. The van der Waals surface area contributed by atoms with Crippen LogP contribution in [0.4, 0.5) is 0 Å². The van der Waals surface area contributed by atoms with Crippen molar-refractivity contribution in [2.45, 2.75) is 24.9 Å². The van der Waals surface area contributed by atoms with Crippen molar-refractivity contribution in [3.05, 3.63) is 46.6 Å². The van der Waals surface area contributed by atoms with Crippen molar-refractivity contribution in [2.75, 3.05) is 13.7 Å². The van der Waals surface area contributed by atoms with E-state index in [1.165, 1.54) is 37.4 Å². The lowest BCUT2D eigenvalue weighted by atomic mass is 10.1. The fraction of sp³-hybridized carbons (Fsp3) is 0.286. The standard InChI is InChI=1S/C21H20O9/c1-27-18-4-10(2-3-12(18)22)17-7-15(25)21-14(24)5-11(6-19(21)30-17)29-20-8-13(23)16(26)9-28-20/h2-7,13,16,20,22-24,26H,8-9H2,1H3/t13-,16-,20+/m0/s1. The molecule has 0 aliphatic carbocycles. The topological polar surface area (TPSA) is 139 Å². The van der Waals surface area contributed by atoms with Crippen molar-refractivity contribution in [2.24, 2.45) is 0 Å². The van der Waals surface area contributed by atoms with Crippen LogP contribution < -0.4 is 14.9 Å². The summed E-state index contributed by atoms with van der Waals surface area (Å²) >= 11 is 0. The van der Waals surface area contributed by atoms with Gasteiger partial charge >= 0.3 is 0 Å². The van der Waals surface area contributed by atoms with Crippen LogP contribution in [0.2, 0.25) is 0 Å². The molecular weight excluding hydrogens is 396 g/mol. The Balaban J connectivity index is 1.72. The minimum absolute atomic E-state index is 0.0168. The predicted molar refractivity (Wildman–Crippen MR) is 105 cm³/mol. The molecular formula is C21H20O9. The number of methoxy groups -OCH3 is 1. The van der Waals surface area contributed by atoms with Crippen LogP contribution in [-0.4, -0.2) is 52.6 Å². The zero-order chi connectivity index (χ0) is 21.4. The number of hydrogen-bond acceptors (Lipinski definition) is 9. The fourth-order valence-electron chi connectivity index (χ4n) is 3.26. The molecule has 1 aliphatic heterocycles. The van der Waals surface area contributed by atoms with E-state index in [1.54, 1.807) is 6.07 Å². The van der Waals surface area contributed by atoms with Gasteiger partial charge in [-0.2, -0.15) is 0 Å². The molecule has 1 fully saturated rings. The molecule has 0 bridgehead atoms. The lowest BCUT2D eigenvalue weighted by molar-refractivity contribution is -0.182. The average Bonchev–Trinajstić information content (AvgIpc) is 2.70. The minimum atomic E-state index is -0.994. The SMILES string of the molecule is COc1cc(-c2cc(=O)c3c(O)cc(O[C@@H]4C[C@H](O)[C@@H](O)CO4)cc3o2)ccc1O. The van der Waals surface area contributed by atoms with Crippen LogP contribution in [0, 0.1) is 0 Å². The van der Waals surface area contributed by atoms with Crippen molar-refractivity contribution in [3.8, 4) is 34.3 Å². The maximum atomic E-state index is 12.6. The Kier molecular flexibility index (Phi) is 5.25. The summed E-state index contributed by atoms with van der Waals surface area (Å²) in [4.78, 5) is 12.6. The molecule has 0 unspecified atom stereocenters. The number of phenols is 2. The number of aliphatic hydroxyl groups is 2. The molecule has 3 aromatic rings. The Morgan fingerprint density at radius 1 is 1.03 bits per heavy atom. The summed E-state index contributed by atoms with van der Waals surface area (Å²) in [5.41, 5.74) is 0.105. The Bertz CT molecular complexity index is 1140. The molecule has 1 saturated heterocycles. The van der Waals surface area contributed by atoms with Crippen molar-refractivity contribution in [3.63, 3.8) is 0 Å². The molecule has 0 radical (unpaired) electrons. The first-order chi connectivity index (χ1) is 14.4. The molecule has 9 heteroatoms. The molecule has 0 saturated carbocycles. The molecule has 4 rings (SSSR count). The Morgan fingerprint density at radius 3 is 2.57 bits per heavy atom. The summed E-state index contributed by atoms with van der Waals surface area (Å²) in [7, 11) is 1.40. The first kappa shape index (κ1) is 20.0. The van der Waals surface area contributed by atoms with Gasteiger partial charge in [0.25, 0.3) is 0 Å². The third-order valence-corrected chi connectivity index (χ3v) is 4.85. The molecule has 4 N–H and O–H groups in total. The van der Waals surface area contributed by atoms with Gasteiger partial charge in [-0.25, -0.2) is 0 Å². The molecule has 2 heterocycles. The van der Waals surface area contributed by atoms with Crippen molar-refractivity contribution in [1.29, 1.82) is 0 Å². The summed E-state index contributed by atoms with van der Waals surface area (Å²) in [5.74, 6) is 0.192. The van der Waals surface area contributed by atoms with Gasteiger partial charge in [0, 0.05) is 30.2 Å². The normalized spacial score (nSPS) is 21.5. The van der Waals surface area contributed by atoms with E-state index in [4.69, 9.17) is 18.6 Å². The number of hydrogen-bond donors (Lipinski definition) is 4. The monoisotopic (exact) mass is 416 g/mol. The lowest BCUT2D eigenvalue weighted by Crippen LogP contribution is -2.43. The van der Waals surface area contributed by atoms with E-state index in [0.29, 0.717) is 5.56 Å². The molecule has 1 aromatic heterocycles. The minimum Gasteiger partial charge on any atom is -0.507 e. The molecule has 30 heavy (non-hydrogen) atoms. The van der Waals surface area contributed by atoms with E-state index in [2.05, 4.69) is 0 Å².